The van der Waals surface area contributed by atoms with Crippen LogP contribution < -0.4 is 9.86 Å². The number of rotatable bonds is 2. The van der Waals surface area contributed by atoms with Crippen LogP contribution in [0.15, 0.2) is 30.5 Å². The maximum Gasteiger partial charge on any atom is 0.296 e. The number of halogens is 1. The summed E-state index contributed by atoms with van der Waals surface area (Å²) in [6.45, 7) is 0. The average molecular weight is 258 g/mol. The van der Waals surface area contributed by atoms with Crippen molar-refractivity contribution in [3.05, 3.63) is 35.5 Å². The Morgan fingerprint density at radius 2 is 2.12 bits per heavy atom. The summed E-state index contributed by atoms with van der Waals surface area (Å²) in [5.74, 6) is 0. The third-order valence-corrected chi connectivity index (χ3v) is 2.64. The lowest BCUT2D eigenvalue weighted by Crippen LogP contribution is -2.21. The van der Waals surface area contributed by atoms with E-state index in [1.807, 2.05) is 0 Å². The molecule has 0 spiro atoms. The maximum atomic E-state index is 11.0. The van der Waals surface area contributed by atoms with E-state index in [0.29, 0.717) is 10.5 Å². The number of hydrogen-bond acceptors (Lipinski definition) is 3. The molecule has 0 atom stereocenters. The molecule has 3 N–H and O–H groups in total. The van der Waals surface area contributed by atoms with Crippen molar-refractivity contribution in [2.75, 3.05) is 4.72 Å². The normalized spacial score (nSPS) is 11.6. The molecule has 2 rings (SSSR count). The lowest BCUT2D eigenvalue weighted by atomic mass is 10.2. The van der Waals surface area contributed by atoms with Crippen molar-refractivity contribution in [1.29, 1.82) is 0 Å². The van der Waals surface area contributed by atoms with Crippen molar-refractivity contribution in [3.8, 4) is 0 Å². The molecule has 84 valence electrons. The van der Waals surface area contributed by atoms with E-state index in [1.165, 1.54) is 6.07 Å². The van der Waals surface area contributed by atoms with Crippen LogP contribution in [-0.2, 0) is 10.2 Å². The predicted molar refractivity (Wildman–Crippen MR) is 63.5 cm³/mol. The molecular weight excluding hydrogens is 250 g/mol. The number of nitrogens with two attached hydrogens (primary N) is 1. The van der Waals surface area contributed by atoms with Crippen LogP contribution in [0.1, 0.15) is 0 Å². The first-order valence-electron chi connectivity index (χ1n) is 4.30. The molecule has 0 aliphatic heterocycles. The lowest BCUT2D eigenvalue weighted by Gasteiger charge is -2.07. The second-order valence-corrected chi connectivity index (χ2v) is 4.91. The van der Waals surface area contributed by atoms with Gasteiger partial charge in [0.05, 0.1) is 11.2 Å². The van der Waals surface area contributed by atoms with E-state index >= 15 is 0 Å². The number of pyridine rings is 1. The van der Waals surface area contributed by atoms with E-state index in [1.54, 1.807) is 24.4 Å². The van der Waals surface area contributed by atoms with E-state index in [-0.39, 0.29) is 5.69 Å². The fourth-order valence-electron chi connectivity index (χ4n) is 1.39. The van der Waals surface area contributed by atoms with Crippen LogP contribution >= 0.6 is 11.6 Å². The van der Waals surface area contributed by atoms with Crippen LogP contribution in [-0.4, -0.2) is 13.4 Å². The molecule has 7 heteroatoms. The molecule has 1 heterocycles. The van der Waals surface area contributed by atoms with Crippen molar-refractivity contribution in [1.82, 2.24) is 4.98 Å². The molecule has 0 bridgehead atoms. The second-order valence-electron chi connectivity index (χ2n) is 3.18. The highest BCUT2D eigenvalue weighted by Gasteiger charge is 2.08. The van der Waals surface area contributed by atoms with Crippen molar-refractivity contribution >= 4 is 38.4 Å². The first-order chi connectivity index (χ1) is 7.46. The smallest absolute Gasteiger partial charge is 0.269 e. The summed E-state index contributed by atoms with van der Waals surface area (Å²) < 4.78 is 24.1. The molecule has 16 heavy (non-hydrogen) atoms. The summed E-state index contributed by atoms with van der Waals surface area (Å²) in [7, 11) is -3.83. The highest BCUT2D eigenvalue weighted by atomic mass is 35.5. The zero-order valence-electron chi connectivity index (χ0n) is 8.01. The van der Waals surface area contributed by atoms with Gasteiger partial charge in [-0.15, -0.1) is 0 Å². The van der Waals surface area contributed by atoms with E-state index in [9.17, 15) is 8.42 Å². The first kappa shape index (κ1) is 11.1. The molecule has 0 aliphatic rings. The van der Waals surface area contributed by atoms with E-state index in [2.05, 4.69) is 9.71 Å². The minimum atomic E-state index is -3.83. The highest BCUT2D eigenvalue weighted by molar-refractivity contribution is 7.90. The SMILES string of the molecule is NS(=O)(=O)Nc1cc(Cl)cc2cccnc12. The van der Waals surface area contributed by atoms with E-state index in [0.717, 1.165) is 5.39 Å². The molecule has 1 aromatic carbocycles. The topological polar surface area (TPSA) is 85.1 Å². The minimum Gasteiger partial charge on any atom is -0.269 e. The zero-order chi connectivity index (χ0) is 11.8. The molecule has 0 unspecified atom stereocenters. The Hall–Kier alpha value is -1.37. The van der Waals surface area contributed by atoms with Crippen LogP contribution in [0.2, 0.25) is 5.02 Å². The number of aromatic nitrogens is 1. The van der Waals surface area contributed by atoms with Crippen LogP contribution in [0.5, 0.6) is 0 Å². The summed E-state index contributed by atoms with van der Waals surface area (Å²) in [4.78, 5) is 4.07. The summed E-state index contributed by atoms with van der Waals surface area (Å²) in [6.07, 6.45) is 1.56. The van der Waals surface area contributed by atoms with Crippen LogP contribution in [0.4, 0.5) is 5.69 Å². The molecule has 0 saturated carbocycles. The van der Waals surface area contributed by atoms with Gasteiger partial charge in [-0.1, -0.05) is 17.7 Å². The van der Waals surface area contributed by atoms with Crippen molar-refractivity contribution in [3.63, 3.8) is 0 Å². The minimum absolute atomic E-state index is 0.269. The number of benzene rings is 1. The summed E-state index contributed by atoms with van der Waals surface area (Å²) in [5.41, 5.74) is 0.770. The Morgan fingerprint density at radius 3 is 2.81 bits per heavy atom. The van der Waals surface area contributed by atoms with Crippen molar-refractivity contribution in [2.45, 2.75) is 0 Å². The van der Waals surface area contributed by atoms with Crippen LogP contribution in [0.3, 0.4) is 0 Å². The van der Waals surface area contributed by atoms with Crippen molar-refractivity contribution in [2.24, 2.45) is 5.14 Å². The molecule has 1 aromatic heterocycles. The van der Waals surface area contributed by atoms with Gasteiger partial charge in [-0.05, 0) is 18.2 Å². The molecule has 0 aliphatic carbocycles. The Balaban J connectivity index is 2.68. The number of hydrogen-bond donors (Lipinski definition) is 2. The number of fused-ring (bicyclic) bond motifs is 1. The van der Waals surface area contributed by atoms with Gasteiger partial charge in [0, 0.05) is 16.6 Å². The molecule has 0 radical (unpaired) electrons. The number of nitrogens with zero attached hydrogens (tertiary/aromatic N) is 1. The molecule has 5 nitrogen and oxygen atoms in total. The number of nitrogens with one attached hydrogen (secondary N) is 1. The van der Waals surface area contributed by atoms with Crippen LogP contribution in [0, 0.1) is 0 Å². The van der Waals surface area contributed by atoms with Gasteiger partial charge in [0.1, 0.15) is 0 Å². The Morgan fingerprint density at radius 1 is 1.38 bits per heavy atom. The third-order valence-electron chi connectivity index (χ3n) is 1.92. The summed E-state index contributed by atoms with van der Waals surface area (Å²) >= 11 is 5.85. The Kier molecular flexibility index (Phi) is 2.71. The molecule has 0 fully saturated rings. The lowest BCUT2D eigenvalue weighted by molar-refractivity contribution is 0.603. The molecule has 0 amide bonds. The quantitative estimate of drug-likeness (QED) is 0.855. The fraction of sp³-hybridized carbons (Fsp3) is 0. The van der Waals surface area contributed by atoms with Gasteiger partial charge >= 0.3 is 0 Å². The standard InChI is InChI=1S/C9H8ClN3O2S/c10-7-4-6-2-1-3-12-9(6)8(5-7)13-16(11,14)15/h1-5,13H,(H2,11,14,15). The van der Waals surface area contributed by atoms with Gasteiger partial charge in [0.25, 0.3) is 10.2 Å². The van der Waals surface area contributed by atoms with E-state index in [4.69, 9.17) is 16.7 Å². The van der Waals surface area contributed by atoms with Crippen molar-refractivity contribution < 1.29 is 8.42 Å². The van der Waals surface area contributed by atoms with Gasteiger partial charge in [-0.2, -0.15) is 8.42 Å². The molecule has 0 saturated heterocycles. The predicted octanol–water partition coefficient (Wildman–Crippen LogP) is 1.50. The molecular formula is C9H8ClN3O2S. The van der Waals surface area contributed by atoms with E-state index < -0.39 is 10.2 Å². The number of anilines is 1. The first-order valence-corrected chi connectivity index (χ1v) is 6.23. The maximum absolute atomic E-state index is 11.0. The summed E-state index contributed by atoms with van der Waals surface area (Å²) in [6, 6.07) is 6.67. The van der Waals surface area contributed by atoms with Gasteiger partial charge in [-0.25, -0.2) is 5.14 Å². The largest absolute Gasteiger partial charge is 0.296 e. The second kappa shape index (κ2) is 3.89. The Bertz CT molecular complexity index is 642. The Labute approximate surface area is 97.4 Å². The molecule has 2 aromatic rings. The highest BCUT2D eigenvalue weighted by Crippen LogP contribution is 2.26. The van der Waals surface area contributed by atoms with Gasteiger partial charge in [0.15, 0.2) is 0 Å². The van der Waals surface area contributed by atoms with Gasteiger partial charge in [0.2, 0.25) is 0 Å². The summed E-state index contributed by atoms with van der Waals surface area (Å²) in [5, 5.41) is 6.04. The monoisotopic (exact) mass is 257 g/mol. The fourth-order valence-corrected chi connectivity index (χ4v) is 2.08. The average Bonchev–Trinajstić information content (AvgIpc) is 2.14. The van der Waals surface area contributed by atoms with Gasteiger partial charge in [-0.3, -0.25) is 9.71 Å². The third kappa shape index (κ3) is 2.41. The zero-order valence-corrected chi connectivity index (χ0v) is 9.59. The van der Waals surface area contributed by atoms with Gasteiger partial charge < -0.3 is 0 Å². The van der Waals surface area contributed by atoms with Crippen LogP contribution in [0.25, 0.3) is 10.9 Å².